The van der Waals surface area contributed by atoms with Crippen molar-refractivity contribution in [2.75, 3.05) is 0 Å². The summed E-state index contributed by atoms with van der Waals surface area (Å²) in [6.07, 6.45) is -3.71. The maximum Gasteiger partial charge on any atom is 0.432 e. The van der Waals surface area contributed by atoms with E-state index in [1.54, 1.807) is 6.07 Å². The first kappa shape index (κ1) is 31.2. The van der Waals surface area contributed by atoms with E-state index in [1.165, 1.54) is 0 Å². The van der Waals surface area contributed by atoms with Gasteiger partial charge in [-0.25, -0.2) is 26.3 Å². The summed E-state index contributed by atoms with van der Waals surface area (Å²) >= 11 is 0. The highest BCUT2D eigenvalue weighted by molar-refractivity contribution is 5.73. The molecule has 0 heterocycles. The maximum absolute atomic E-state index is 15.2. The van der Waals surface area contributed by atoms with Crippen LogP contribution in [0.5, 0.6) is 5.75 Å². The highest BCUT2D eigenvalue weighted by Gasteiger charge is 2.42. The summed E-state index contributed by atoms with van der Waals surface area (Å²) in [5.41, 5.74) is -1.96. The van der Waals surface area contributed by atoms with E-state index in [1.807, 2.05) is 12.1 Å². The number of rotatable bonds is 8. The highest BCUT2D eigenvalue weighted by Crippen LogP contribution is 2.40. The minimum Gasteiger partial charge on any atom is -0.429 e. The van der Waals surface area contributed by atoms with Gasteiger partial charge in [0.05, 0.1) is 11.1 Å². The van der Waals surface area contributed by atoms with Crippen LogP contribution in [-0.4, -0.2) is 0 Å². The molecular formula is C33H22F10O. The van der Waals surface area contributed by atoms with Gasteiger partial charge in [0.15, 0.2) is 0 Å². The van der Waals surface area contributed by atoms with Crippen LogP contribution in [0.2, 0.25) is 0 Å². The lowest BCUT2D eigenvalue weighted by Crippen LogP contribution is -2.25. The number of halogens is 10. The summed E-state index contributed by atoms with van der Waals surface area (Å²) in [7, 11) is 0. The van der Waals surface area contributed by atoms with Crippen molar-refractivity contribution in [2.45, 2.75) is 38.7 Å². The van der Waals surface area contributed by atoms with Crippen LogP contribution in [0.1, 0.15) is 42.0 Å². The molecule has 1 atom stereocenters. The summed E-state index contributed by atoms with van der Waals surface area (Å²) in [5.74, 6) is -10.6. The van der Waals surface area contributed by atoms with Crippen molar-refractivity contribution in [3.8, 4) is 28.0 Å². The van der Waals surface area contributed by atoms with Gasteiger partial charge in [-0.15, -0.1) is 0 Å². The third-order valence-corrected chi connectivity index (χ3v) is 7.47. The fourth-order valence-electron chi connectivity index (χ4n) is 5.58. The first-order valence-electron chi connectivity index (χ1n) is 13.5. The van der Waals surface area contributed by atoms with Gasteiger partial charge in [-0.1, -0.05) is 38.0 Å². The van der Waals surface area contributed by atoms with Gasteiger partial charge in [0.1, 0.15) is 46.2 Å². The molecule has 11 heteroatoms. The van der Waals surface area contributed by atoms with Crippen molar-refractivity contribution in [1.82, 2.24) is 0 Å². The normalized spacial score (nSPS) is 14.5. The van der Waals surface area contributed by atoms with Crippen LogP contribution in [0.3, 0.4) is 0 Å². The Morgan fingerprint density at radius 3 is 1.86 bits per heavy atom. The van der Waals surface area contributed by atoms with Crippen molar-refractivity contribution in [1.29, 1.82) is 0 Å². The molecule has 0 N–H and O–H groups in total. The van der Waals surface area contributed by atoms with Gasteiger partial charge >= 0.3 is 6.11 Å². The molecule has 0 radical (unpaired) electrons. The van der Waals surface area contributed by atoms with Crippen molar-refractivity contribution in [3.63, 3.8) is 0 Å². The van der Waals surface area contributed by atoms with E-state index in [0.29, 0.717) is 11.5 Å². The molecule has 0 bridgehead atoms. The lowest BCUT2D eigenvalue weighted by Gasteiger charge is -2.20. The van der Waals surface area contributed by atoms with Crippen molar-refractivity contribution >= 4 is 6.08 Å². The van der Waals surface area contributed by atoms with Crippen LogP contribution in [0.4, 0.5) is 43.9 Å². The minimum absolute atomic E-state index is 0.118. The Balaban J connectivity index is 1.44. The number of fused-ring (bicyclic) bond motifs is 1. The average Bonchev–Trinajstić information content (AvgIpc) is 3.31. The average molecular weight is 625 g/mol. The van der Waals surface area contributed by atoms with E-state index >= 15 is 8.78 Å². The van der Waals surface area contributed by atoms with E-state index in [4.69, 9.17) is 0 Å². The molecule has 0 aliphatic heterocycles. The lowest BCUT2D eigenvalue weighted by molar-refractivity contribution is -0.189. The van der Waals surface area contributed by atoms with Crippen LogP contribution in [0, 0.1) is 40.8 Å². The van der Waals surface area contributed by atoms with E-state index in [9.17, 15) is 35.1 Å². The van der Waals surface area contributed by atoms with Crippen LogP contribution in [0.15, 0.2) is 60.7 Å². The van der Waals surface area contributed by atoms with Crippen LogP contribution < -0.4 is 4.74 Å². The van der Waals surface area contributed by atoms with Gasteiger partial charge in [-0.3, -0.25) is 0 Å². The second kappa shape index (κ2) is 12.0. The molecule has 1 aliphatic rings. The predicted octanol–water partition coefficient (Wildman–Crippen LogP) is 10.7. The number of ether oxygens (including phenoxy) is 1. The van der Waals surface area contributed by atoms with Crippen molar-refractivity contribution < 1.29 is 48.6 Å². The minimum atomic E-state index is -4.89. The smallest absolute Gasteiger partial charge is 0.429 e. The zero-order valence-corrected chi connectivity index (χ0v) is 22.9. The molecule has 0 saturated heterocycles. The van der Waals surface area contributed by atoms with Crippen molar-refractivity contribution in [3.05, 3.63) is 118 Å². The second-order valence-corrected chi connectivity index (χ2v) is 10.5. The monoisotopic (exact) mass is 624 g/mol. The van der Waals surface area contributed by atoms with Crippen LogP contribution >= 0.6 is 0 Å². The summed E-state index contributed by atoms with van der Waals surface area (Å²) in [6, 6.07) is 8.16. The first-order valence-corrected chi connectivity index (χ1v) is 13.5. The standard InChI is InChI=1S/C33H22F10O/c1-2-3-16-6-17-4-5-18(8-19(17)7-16)20-9-26(36)31(27(37)10-20)21-11-28(38)32(29(39)12-21)33(42,43)44-22-13-24(34)23(15-30(40)41)25(35)14-22/h4-5,8-16H,2-3,6-7H2,1H3. The Labute approximate surface area is 245 Å². The third-order valence-electron chi connectivity index (χ3n) is 7.47. The van der Waals surface area contributed by atoms with Crippen molar-refractivity contribution in [2.24, 2.45) is 5.92 Å². The zero-order valence-electron chi connectivity index (χ0n) is 22.9. The maximum atomic E-state index is 15.2. The molecule has 0 fully saturated rings. The molecule has 0 aromatic heterocycles. The Kier molecular flexibility index (Phi) is 8.51. The Morgan fingerprint density at radius 1 is 0.727 bits per heavy atom. The molecule has 0 saturated carbocycles. The van der Waals surface area contributed by atoms with Crippen LogP contribution in [0.25, 0.3) is 28.3 Å². The van der Waals surface area contributed by atoms with E-state index in [0.717, 1.165) is 48.9 Å². The van der Waals surface area contributed by atoms with Gasteiger partial charge in [-0.2, -0.15) is 17.6 Å². The molecule has 1 aliphatic carbocycles. The molecule has 230 valence electrons. The summed E-state index contributed by atoms with van der Waals surface area (Å²) < 4.78 is 147. The fraction of sp³-hybridized carbons (Fsp3) is 0.212. The van der Waals surface area contributed by atoms with Gasteiger partial charge in [0.2, 0.25) is 0 Å². The summed E-state index contributed by atoms with van der Waals surface area (Å²) in [6.45, 7) is 2.09. The number of hydrogen-bond acceptors (Lipinski definition) is 1. The number of benzene rings is 4. The largest absolute Gasteiger partial charge is 0.432 e. The molecule has 1 unspecified atom stereocenters. The van der Waals surface area contributed by atoms with Gasteiger partial charge in [-0.05, 0) is 70.8 Å². The molecule has 0 spiro atoms. The highest BCUT2D eigenvalue weighted by atomic mass is 19.3. The van der Waals surface area contributed by atoms with E-state index < -0.39 is 75.1 Å². The molecule has 44 heavy (non-hydrogen) atoms. The van der Waals surface area contributed by atoms with Crippen LogP contribution in [-0.2, 0) is 19.0 Å². The molecule has 5 rings (SSSR count). The molecular weight excluding hydrogens is 602 g/mol. The Bertz CT molecular complexity index is 1710. The third kappa shape index (κ3) is 6.18. The van der Waals surface area contributed by atoms with Gasteiger partial charge < -0.3 is 4.74 Å². The zero-order chi connectivity index (χ0) is 31.9. The molecule has 4 aromatic carbocycles. The topological polar surface area (TPSA) is 9.23 Å². The van der Waals surface area contributed by atoms with E-state index in [2.05, 4.69) is 11.7 Å². The molecule has 4 aromatic rings. The lowest BCUT2D eigenvalue weighted by atomic mass is 9.96. The van der Waals surface area contributed by atoms with Gasteiger partial charge in [0.25, 0.3) is 6.08 Å². The Morgan fingerprint density at radius 2 is 1.30 bits per heavy atom. The van der Waals surface area contributed by atoms with E-state index in [-0.39, 0.29) is 35.9 Å². The summed E-state index contributed by atoms with van der Waals surface area (Å²) in [4.78, 5) is 0. The Hall–Kier alpha value is -4.28. The second-order valence-electron chi connectivity index (χ2n) is 10.5. The molecule has 0 amide bonds. The first-order chi connectivity index (χ1) is 20.8. The summed E-state index contributed by atoms with van der Waals surface area (Å²) in [5, 5.41) is 0. The fourth-order valence-corrected chi connectivity index (χ4v) is 5.58. The number of alkyl halides is 2. The number of hydrogen-bond donors (Lipinski definition) is 0. The SMILES string of the molecule is CCCC1Cc2ccc(-c3cc(F)c(-c4cc(F)c(C(F)(F)Oc5cc(F)c(C=C(F)F)c(F)c5)c(F)c4)c(F)c3)cc2C1. The molecule has 1 nitrogen and oxygen atoms in total. The quantitative estimate of drug-likeness (QED) is 0.177. The predicted molar refractivity (Wildman–Crippen MR) is 144 cm³/mol. The van der Waals surface area contributed by atoms with Gasteiger partial charge in [0, 0.05) is 18.2 Å².